The van der Waals surface area contributed by atoms with E-state index in [9.17, 15) is 14.3 Å². The molecule has 0 heterocycles. The van der Waals surface area contributed by atoms with E-state index in [1.54, 1.807) is 0 Å². The summed E-state index contributed by atoms with van der Waals surface area (Å²) < 4.78 is 33.8. The fourth-order valence-electron chi connectivity index (χ4n) is 3.59. The lowest BCUT2D eigenvalue weighted by atomic mass is 10.2. The van der Waals surface area contributed by atoms with Crippen molar-refractivity contribution < 1.29 is 37.3 Å². The molecule has 0 aliphatic heterocycles. The van der Waals surface area contributed by atoms with Crippen molar-refractivity contribution >= 4 is 13.8 Å². The Bertz CT molecular complexity index is 818. The number of allylic oxidation sites excluding steroid dienone is 8. The van der Waals surface area contributed by atoms with Gasteiger partial charge in [-0.3, -0.25) is 9.36 Å². The molecule has 0 N–H and O–H groups in total. The fourth-order valence-corrected chi connectivity index (χ4v) is 4.32. The summed E-state index contributed by atoms with van der Waals surface area (Å²) in [4.78, 5) is 24.5. The smallest absolute Gasteiger partial charge is 0.306 e. The lowest BCUT2D eigenvalue weighted by Gasteiger charge is -2.28. The first-order chi connectivity index (χ1) is 20.1. The van der Waals surface area contributed by atoms with Crippen molar-refractivity contribution in [2.45, 2.75) is 103 Å². The van der Waals surface area contributed by atoms with Gasteiger partial charge >= 0.3 is 5.97 Å². The van der Waals surface area contributed by atoms with Crippen LogP contribution in [0.5, 0.6) is 0 Å². The fraction of sp³-hybridized carbons (Fsp3) is 0.727. The first-order valence-electron chi connectivity index (χ1n) is 15.9. The minimum atomic E-state index is -4.51. The van der Waals surface area contributed by atoms with E-state index in [0.717, 1.165) is 44.9 Å². The third-order valence-corrected chi connectivity index (χ3v) is 7.10. The molecule has 0 aromatic carbocycles. The highest BCUT2D eigenvalue weighted by Gasteiger charge is 2.20. The summed E-state index contributed by atoms with van der Waals surface area (Å²) in [5, 5.41) is 0. The lowest BCUT2D eigenvalue weighted by molar-refractivity contribution is -0.870. The monoisotopic (exact) mass is 613 g/mol. The van der Waals surface area contributed by atoms with Gasteiger partial charge in [0, 0.05) is 13.0 Å². The summed E-state index contributed by atoms with van der Waals surface area (Å²) in [5.41, 5.74) is 0. The molecule has 0 spiro atoms. The quantitative estimate of drug-likeness (QED) is 0.0297. The second kappa shape index (κ2) is 27.0. The molecule has 0 rings (SSSR count). The first kappa shape index (κ1) is 40.5. The number of phosphoric ester groups is 1. The molecule has 1 unspecified atom stereocenters. The summed E-state index contributed by atoms with van der Waals surface area (Å²) in [7, 11) is 1.31. The van der Waals surface area contributed by atoms with Crippen molar-refractivity contribution in [3.63, 3.8) is 0 Å². The van der Waals surface area contributed by atoms with E-state index in [2.05, 4.69) is 62.5 Å². The molecule has 0 aliphatic carbocycles. The number of nitrogens with zero attached hydrogens (tertiary/aromatic N) is 1. The standard InChI is InChI=1S/C33H60NO7P/c1-6-8-10-11-12-13-14-15-16-17-18-19-20-21-22-23-24-26-33(35)41-32(30-38-28-25-9-7-2)31-40-42(36,37)39-29-27-34(3,4)5/h12-13,15-16,18-19,21-22,32H,6-11,14,17,20,23-31H2,1-5H3/b13-12-,16-15-,19-18-,22-21-/t32-/m1/s1. The molecular formula is C33H60NO7P. The third-order valence-electron chi connectivity index (χ3n) is 6.13. The van der Waals surface area contributed by atoms with Crippen LogP contribution in [0.4, 0.5) is 0 Å². The minimum Gasteiger partial charge on any atom is -0.756 e. The third kappa shape index (κ3) is 29.9. The van der Waals surface area contributed by atoms with Crippen molar-refractivity contribution in [2.75, 3.05) is 54.1 Å². The Balaban J connectivity index is 4.29. The normalized spacial score (nSPS) is 14.9. The molecule has 0 fully saturated rings. The maximum atomic E-state index is 12.4. The zero-order chi connectivity index (χ0) is 31.4. The van der Waals surface area contributed by atoms with E-state index in [0.29, 0.717) is 24.1 Å². The van der Waals surface area contributed by atoms with Gasteiger partial charge in [-0.05, 0) is 51.4 Å². The topological polar surface area (TPSA) is 94.1 Å². The molecule has 0 aliphatic rings. The molecule has 0 saturated heterocycles. The van der Waals surface area contributed by atoms with Gasteiger partial charge in [-0.2, -0.15) is 0 Å². The molecule has 0 radical (unpaired) electrons. The molecule has 0 aromatic heterocycles. The van der Waals surface area contributed by atoms with Gasteiger partial charge in [0.05, 0.1) is 34.4 Å². The molecule has 244 valence electrons. The van der Waals surface area contributed by atoms with Crippen LogP contribution in [0, 0.1) is 0 Å². The van der Waals surface area contributed by atoms with Crippen LogP contribution in [0.15, 0.2) is 48.6 Å². The number of carbonyl (C=O) groups is 1. The minimum absolute atomic E-state index is 0.0136. The molecule has 0 bridgehead atoms. The Morgan fingerprint density at radius 1 is 0.738 bits per heavy atom. The van der Waals surface area contributed by atoms with Gasteiger partial charge in [-0.25, -0.2) is 0 Å². The summed E-state index contributed by atoms with van der Waals surface area (Å²) in [6, 6.07) is 0. The highest BCUT2D eigenvalue weighted by atomic mass is 31.2. The maximum Gasteiger partial charge on any atom is 0.306 e. The Morgan fingerprint density at radius 3 is 1.86 bits per heavy atom. The van der Waals surface area contributed by atoms with Crippen molar-refractivity contribution in [2.24, 2.45) is 0 Å². The number of rotatable bonds is 28. The van der Waals surface area contributed by atoms with Gasteiger partial charge in [0.15, 0.2) is 0 Å². The Morgan fingerprint density at radius 2 is 1.29 bits per heavy atom. The van der Waals surface area contributed by atoms with Crippen molar-refractivity contribution in [3.8, 4) is 0 Å². The van der Waals surface area contributed by atoms with Gasteiger partial charge in [0.25, 0.3) is 7.82 Å². The van der Waals surface area contributed by atoms with Crippen LogP contribution in [-0.4, -0.2) is 70.7 Å². The van der Waals surface area contributed by atoms with Crippen molar-refractivity contribution in [1.29, 1.82) is 0 Å². The number of likely N-dealkylation sites (N-methyl/N-ethyl adjacent to an activating group) is 1. The molecule has 8 nitrogen and oxygen atoms in total. The van der Waals surface area contributed by atoms with Crippen LogP contribution < -0.4 is 4.89 Å². The van der Waals surface area contributed by atoms with Crippen LogP contribution in [0.25, 0.3) is 0 Å². The van der Waals surface area contributed by atoms with Gasteiger partial charge < -0.3 is 27.9 Å². The van der Waals surface area contributed by atoms with E-state index in [1.165, 1.54) is 25.7 Å². The number of unbranched alkanes of at least 4 members (excludes halogenated alkanes) is 6. The Kier molecular flexibility index (Phi) is 26.0. The molecule has 0 saturated carbocycles. The number of carbonyl (C=O) groups excluding carboxylic acids is 1. The summed E-state index contributed by atoms with van der Waals surface area (Å²) in [5.74, 6) is -0.400. The number of quaternary nitrogens is 1. The summed E-state index contributed by atoms with van der Waals surface area (Å²) in [6.07, 6.45) is 29.0. The number of hydrogen-bond donors (Lipinski definition) is 0. The van der Waals surface area contributed by atoms with Gasteiger partial charge in [-0.1, -0.05) is 88.1 Å². The highest BCUT2D eigenvalue weighted by Crippen LogP contribution is 2.38. The molecule has 42 heavy (non-hydrogen) atoms. The molecule has 0 aromatic rings. The van der Waals surface area contributed by atoms with E-state index < -0.39 is 19.9 Å². The average Bonchev–Trinajstić information content (AvgIpc) is 2.92. The SMILES string of the molecule is CCCCC/C=C\C/C=C\C/C=C\C/C=C\CCCC(=O)O[C@H](COCCCCC)COP(=O)([O-])OCC[N+](C)(C)C. The maximum absolute atomic E-state index is 12.4. The van der Waals surface area contributed by atoms with Gasteiger partial charge in [0.1, 0.15) is 19.3 Å². The average molecular weight is 614 g/mol. The second-order valence-corrected chi connectivity index (χ2v) is 12.9. The lowest BCUT2D eigenvalue weighted by Crippen LogP contribution is -2.37. The van der Waals surface area contributed by atoms with Crippen LogP contribution >= 0.6 is 7.82 Å². The predicted octanol–water partition coefficient (Wildman–Crippen LogP) is 7.46. The molecule has 2 atom stereocenters. The number of esters is 1. The predicted molar refractivity (Wildman–Crippen MR) is 171 cm³/mol. The van der Waals surface area contributed by atoms with Crippen LogP contribution in [0.1, 0.15) is 97.3 Å². The first-order valence-corrected chi connectivity index (χ1v) is 17.3. The van der Waals surface area contributed by atoms with Gasteiger partial charge in [0.2, 0.25) is 0 Å². The molecule has 9 heteroatoms. The zero-order valence-corrected chi connectivity index (χ0v) is 28.1. The van der Waals surface area contributed by atoms with Crippen LogP contribution in [0.3, 0.4) is 0 Å². The van der Waals surface area contributed by atoms with Gasteiger partial charge in [-0.15, -0.1) is 0 Å². The largest absolute Gasteiger partial charge is 0.756 e. The van der Waals surface area contributed by atoms with Crippen LogP contribution in [0.2, 0.25) is 0 Å². The summed E-state index contributed by atoms with van der Waals surface area (Å²) in [6.45, 7) is 5.11. The number of hydrogen-bond acceptors (Lipinski definition) is 7. The zero-order valence-electron chi connectivity index (χ0n) is 27.2. The van der Waals surface area contributed by atoms with E-state index in [4.69, 9.17) is 18.5 Å². The van der Waals surface area contributed by atoms with Crippen molar-refractivity contribution in [3.05, 3.63) is 48.6 Å². The molecule has 0 amide bonds. The Hall–Kier alpha value is -1.54. The highest BCUT2D eigenvalue weighted by molar-refractivity contribution is 7.45. The van der Waals surface area contributed by atoms with E-state index in [-0.39, 0.29) is 26.2 Å². The van der Waals surface area contributed by atoms with Crippen molar-refractivity contribution in [1.82, 2.24) is 0 Å². The van der Waals surface area contributed by atoms with E-state index in [1.807, 2.05) is 21.1 Å². The van der Waals surface area contributed by atoms with Crippen LogP contribution in [-0.2, 0) is 27.9 Å². The van der Waals surface area contributed by atoms with E-state index >= 15 is 0 Å². The summed E-state index contributed by atoms with van der Waals surface area (Å²) >= 11 is 0. The number of ether oxygens (including phenoxy) is 2. The second-order valence-electron chi connectivity index (χ2n) is 11.5. The Labute approximate surface area is 257 Å². The number of phosphoric acid groups is 1. The molecular weight excluding hydrogens is 553 g/mol.